The van der Waals surface area contributed by atoms with Gasteiger partial charge in [-0.1, -0.05) is 68.0 Å². The van der Waals surface area contributed by atoms with Crippen LogP contribution >= 0.6 is 0 Å². The molecule has 0 saturated heterocycles. The van der Waals surface area contributed by atoms with Gasteiger partial charge < -0.3 is 5.32 Å². The van der Waals surface area contributed by atoms with Gasteiger partial charge in [-0.2, -0.15) is 0 Å². The average Bonchev–Trinajstić information content (AvgIpc) is 2.62. The fourth-order valence-electron chi connectivity index (χ4n) is 2.60. The van der Waals surface area contributed by atoms with Crippen LogP contribution in [0.5, 0.6) is 0 Å². The highest BCUT2D eigenvalue weighted by molar-refractivity contribution is 6.05. The van der Waals surface area contributed by atoms with Gasteiger partial charge in [0.25, 0.3) is 5.91 Å². The summed E-state index contributed by atoms with van der Waals surface area (Å²) in [5.74, 6) is -0.0885. The first kappa shape index (κ1) is 16.0. The Hall–Kier alpha value is -2.87. The molecule has 1 amide bonds. The quantitative estimate of drug-likeness (QED) is 0.623. The zero-order valence-electron chi connectivity index (χ0n) is 13.8. The van der Waals surface area contributed by atoms with Crippen LogP contribution in [0.3, 0.4) is 0 Å². The molecule has 0 aliphatic heterocycles. The molecule has 1 N–H and O–H groups in total. The first-order valence-electron chi connectivity index (χ1n) is 8.33. The van der Waals surface area contributed by atoms with Crippen molar-refractivity contribution in [3.8, 4) is 0 Å². The third-order valence-electron chi connectivity index (χ3n) is 3.95. The standard InChI is InChI=1S/C22H21NO/c1-2-3-4-7-17-10-12-19(13-11-17)22(24)23-21-15-14-18-8-5-6-9-20(18)16-21/h4-16H,2-3H2,1H3,(H,23,24)/b7-4+. The molecule has 0 bridgehead atoms. The normalized spacial score (nSPS) is 11.0. The van der Waals surface area contributed by atoms with E-state index in [1.54, 1.807) is 0 Å². The van der Waals surface area contributed by atoms with Gasteiger partial charge in [0, 0.05) is 11.3 Å². The van der Waals surface area contributed by atoms with Crippen LogP contribution in [0.4, 0.5) is 5.69 Å². The Morgan fingerprint density at radius 3 is 2.46 bits per heavy atom. The van der Waals surface area contributed by atoms with Gasteiger partial charge in [-0.25, -0.2) is 0 Å². The lowest BCUT2D eigenvalue weighted by Crippen LogP contribution is -2.11. The number of carbonyl (C=O) groups excluding carboxylic acids is 1. The molecule has 0 aliphatic rings. The predicted octanol–water partition coefficient (Wildman–Crippen LogP) is 5.91. The molecule has 3 aromatic rings. The third-order valence-corrected chi connectivity index (χ3v) is 3.95. The van der Waals surface area contributed by atoms with Crippen LogP contribution in [0.25, 0.3) is 16.8 Å². The lowest BCUT2D eigenvalue weighted by atomic mass is 10.1. The second-order valence-corrected chi connectivity index (χ2v) is 5.83. The topological polar surface area (TPSA) is 29.1 Å². The van der Waals surface area contributed by atoms with Crippen molar-refractivity contribution in [2.75, 3.05) is 5.32 Å². The lowest BCUT2D eigenvalue weighted by molar-refractivity contribution is 0.102. The summed E-state index contributed by atoms with van der Waals surface area (Å²) in [7, 11) is 0. The molecule has 0 fully saturated rings. The van der Waals surface area contributed by atoms with E-state index in [-0.39, 0.29) is 5.91 Å². The number of carbonyl (C=O) groups is 1. The molecule has 2 heteroatoms. The number of amides is 1. The molecular formula is C22H21NO. The Balaban J connectivity index is 1.71. The molecule has 24 heavy (non-hydrogen) atoms. The Morgan fingerprint density at radius 2 is 1.71 bits per heavy atom. The summed E-state index contributed by atoms with van der Waals surface area (Å²) in [5, 5.41) is 5.25. The van der Waals surface area contributed by atoms with Gasteiger partial charge in [-0.15, -0.1) is 0 Å². The summed E-state index contributed by atoms with van der Waals surface area (Å²) in [4.78, 5) is 12.4. The van der Waals surface area contributed by atoms with Crippen molar-refractivity contribution >= 4 is 28.4 Å². The van der Waals surface area contributed by atoms with Crippen molar-refractivity contribution in [2.24, 2.45) is 0 Å². The van der Waals surface area contributed by atoms with Gasteiger partial charge in [-0.3, -0.25) is 4.79 Å². The maximum Gasteiger partial charge on any atom is 0.255 e. The van der Waals surface area contributed by atoms with E-state index in [9.17, 15) is 4.79 Å². The van der Waals surface area contributed by atoms with Gasteiger partial charge in [0.2, 0.25) is 0 Å². The molecule has 0 atom stereocenters. The number of hydrogen-bond acceptors (Lipinski definition) is 1. The Labute approximate surface area is 142 Å². The predicted molar refractivity (Wildman–Crippen MR) is 102 cm³/mol. The zero-order valence-corrected chi connectivity index (χ0v) is 13.8. The van der Waals surface area contributed by atoms with Crippen molar-refractivity contribution in [2.45, 2.75) is 19.8 Å². The van der Waals surface area contributed by atoms with Crippen LogP contribution in [0.15, 0.2) is 72.8 Å². The number of benzene rings is 3. The van der Waals surface area contributed by atoms with E-state index in [1.165, 1.54) is 5.39 Å². The minimum Gasteiger partial charge on any atom is -0.322 e. The molecule has 0 saturated carbocycles. The van der Waals surface area contributed by atoms with Crippen molar-refractivity contribution < 1.29 is 4.79 Å². The fourth-order valence-corrected chi connectivity index (χ4v) is 2.60. The van der Waals surface area contributed by atoms with E-state index in [0.717, 1.165) is 29.5 Å². The van der Waals surface area contributed by atoms with Crippen LogP contribution in [-0.4, -0.2) is 5.91 Å². The molecule has 0 aliphatic carbocycles. The molecule has 0 unspecified atom stereocenters. The highest BCUT2D eigenvalue weighted by Crippen LogP contribution is 2.19. The lowest BCUT2D eigenvalue weighted by Gasteiger charge is -2.07. The molecular weight excluding hydrogens is 294 g/mol. The van der Waals surface area contributed by atoms with Gasteiger partial charge >= 0.3 is 0 Å². The van der Waals surface area contributed by atoms with E-state index < -0.39 is 0 Å². The highest BCUT2D eigenvalue weighted by Gasteiger charge is 2.06. The average molecular weight is 315 g/mol. The largest absolute Gasteiger partial charge is 0.322 e. The summed E-state index contributed by atoms with van der Waals surface area (Å²) in [5.41, 5.74) is 2.59. The zero-order chi connectivity index (χ0) is 16.8. The van der Waals surface area contributed by atoms with Crippen molar-refractivity contribution in [3.05, 3.63) is 83.9 Å². The Bertz CT molecular complexity index is 863. The summed E-state index contributed by atoms with van der Waals surface area (Å²) < 4.78 is 0. The molecule has 0 radical (unpaired) electrons. The number of allylic oxidation sites excluding steroid dienone is 1. The van der Waals surface area contributed by atoms with Crippen LogP contribution in [0.2, 0.25) is 0 Å². The smallest absolute Gasteiger partial charge is 0.255 e. The number of fused-ring (bicyclic) bond motifs is 1. The maximum atomic E-state index is 12.4. The number of anilines is 1. The summed E-state index contributed by atoms with van der Waals surface area (Å²) in [6.07, 6.45) is 6.46. The molecule has 3 aromatic carbocycles. The Kier molecular flexibility index (Phi) is 5.07. The Morgan fingerprint density at radius 1 is 0.958 bits per heavy atom. The van der Waals surface area contributed by atoms with Crippen molar-refractivity contribution in [1.82, 2.24) is 0 Å². The number of rotatable bonds is 5. The molecule has 0 aromatic heterocycles. The summed E-state index contributed by atoms with van der Waals surface area (Å²) in [6.45, 7) is 2.16. The molecule has 3 rings (SSSR count). The highest BCUT2D eigenvalue weighted by atomic mass is 16.1. The monoisotopic (exact) mass is 315 g/mol. The van der Waals surface area contributed by atoms with Gasteiger partial charge in [-0.05, 0) is 47.0 Å². The maximum absolute atomic E-state index is 12.4. The van der Waals surface area contributed by atoms with Crippen molar-refractivity contribution in [1.29, 1.82) is 0 Å². The number of hydrogen-bond donors (Lipinski definition) is 1. The first-order chi connectivity index (χ1) is 11.8. The molecule has 120 valence electrons. The van der Waals surface area contributed by atoms with Crippen LogP contribution in [0.1, 0.15) is 35.7 Å². The van der Waals surface area contributed by atoms with Crippen LogP contribution in [-0.2, 0) is 0 Å². The number of unbranched alkanes of at least 4 members (excludes halogenated alkanes) is 1. The minimum atomic E-state index is -0.0885. The third kappa shape index (κ3) is 3.90. The first-order valence-corrected chi connectivity index (χ1v) is 8.33. The SMILES string of the molecule is CCC/C=C/c1ccc(C(=O)Nc2ccc3ccccc3c2)cc1. The van der Waals surface area contributed by atoms with E-state index in [1.807, 2.05) is 60.7 Å². The number of nitrogens with one attached hydrogen (secondary N) is 1. The van der Waals surface area contributed by atoms with E-state index in [0.29, 0.717) is 5.56 Å². The van der Waals surface area contributed by atoms with Crippen LogP contribution in [0, 0.1) is 0 Å². The van der Waals surface area contributed by atoms with E-state index in [2.05, 4.69) is 30.5 Å². The summed E-state index contributed by atoms with van der Waals surface area (Å²) >= 11 is 0. The molecule has 2 nitrogen and oxygen atoms in total. The second kappa shape index (κ2) is 7.60. The minimum absolute atomic E-state index is 0.0885. The molecule has 0 heterocycles. The van der Waals surface area contributed by atoms with E-state index in [4.69, 9.17) is 0 Å². The van der Waals surface area contributed by atoms with Gasteiger partial charge in [0.05, 0.1) is 0 Å². The van der Waals surface area contributed by atoms with E-state index >= 15 is 0 Å². The fraction of sp³-hybridized carbons (Fsp3) is 0.136. The second-order valence-electron chi connectivity index (χ2n) is 5.83. The summed E-state index contributed by atoms with van der Waals surface area (Å²) in [6, 6.07) is 21.7. The van der Waals surface area contributed by atoms with Gasteiger partial charge in [0.1, 0.15) is 0 Å². The molecule has 0 spiro atoms. The van der Waals surface area contributed by atoms with Gasteiger partial charge in [0.15, 0.2) is 0 Å². The van der Waals surface area contributed by atoms with Crippen LogP contribution < -0.4 is 5.32 Å². The van der Waals surface area contributed by atoms with Crippen molar-refractivity contribution in [3.63, 3.8) is 0 Å².